The van der Waals surface area contributed by atoms with Crippen LogP contribution in [-0.4, -0.2) is 34.0 Å². The van der Waals surface area contributed by atoms with Crippen LogP contribution in [0, 0.1) is 17.8 Å². The molecule has 0 radical (unpaired) electrons. The topological polar surface area (TPSA) is 77.2 Å². The first-order valence-corrected chi connectivity index (χ1v) is 11.4. The highest BCUT2D eigenvalue weighted by Gasteiger charge is 2.51. The molecule has 29 heavy (non-hydrogen) atoms. The lowest BCUT2D eigenvalue weighted by atomic mass is 9.53. The lowest BCUT2D eigenvalue weighted by Gasteiger charge is -2.57. The number of thioether (sulfide) groups is 1. The van der Waals surface area contributed by atoms with Crippen LogP contribution in [0.25, 0.3) is 11.5 Å². The summed E-state index contributed by atoms with van der Waals surface area (Å²) in [5.74, 6) is 3.75. The molecule has 4 aliphatic rings. The van der Waals surface area contributed by atoms with E-state index in [9.17, 15) is 4.79 Å². The van der Waals surface area contributed by atoms with Crippen molar-refractivity contribution in [2.75, 3.05) is 7.11 Å². The van der Waals surface area contributed by atoms with E-state index in [-0.39, 0.29) is 16.7 Å². The number of ether oxygens (including phenoxy) is 1. The molecule has 1 atom stereocenters. The van der Waals surface area contributed by atoms with Crippen LogP contribution in [0.5, 0.6) is 5.75 Å². The van der Waals surface area contributed by atoms with Crippen molar-refractivity contribution in [2.24, 2.45) is 17.8 Å². The molecular formula is C22H27N3O3S. The number of methoxy groups -OCH3 is 1. The van der Waals surface area contributed by atoms with Crippen LogP contribution in [0.1, 0.15) is 45.4 Å². The van der Waals surface area contributed by atoms with E-state index >= 15 is 0 Å². The number of hydrogen-bond donors (Lipinski definition) is 1. The Hall–Kier alpha value is -2.02. The molecule has 0 aliphatic heterocycles. The minimum Gasteiger partial charge on any atom is -0.497 e. The molecule has 0 spiro atoms. The third-order valence-electron chi connectivity index (χ3n) is 6.82. The first kappa shape index (κ1) is 19.0. The van der Waals surface area contributed by atoms with Gasteiger partial charge < -0.3 is 14.5 Å². The minimum absolute atomic E-state index is 0.0315. The number of aromatic nitrogens is 2. The van der Waals surface area contributed by atoms with Gasteiger partial charge in [0.05, 0.1) is 12.4 Å². The van der Waals surface area contributed by atoms with Crippen LogP contribution in [0.4, 0.5) is 0 Å². The van der Waals surface area contributed by atoms with Gasteiger partial charge in [-0.25, -0.2) is 0 Å². The standard InChI is InChI=1S/C22H27N3O3S/c1-13(19(26)23-22-10-14-7-15(11-22)9-16(8-14)12-22)29-21-25-24-20(28-21)17-3-5-18(27-2)6-4-17/h3-6,13-16H,7-12H2,1-2H3,(H,23,26). The van der Waals surface area contributed by atoms with Crippen molar-refractivity contribution in [1.82, 2.24) is 15.5 Å². The largest absolute Gasteiger partial charge is 0.497 e. The monoisotopic (exact) mass is 413 g/mol. The average Bonchev–Trinajstić information content (AvgIpc) is 3.15. The molecule has 154 valence electrons. The summed E-state index contributed by atoms with van der Waals surface area (Å²) in [4.78, 5) is 12.9. The fourth-order valence-electron chi connectivity index (χ4n) is 5.94. The van der Waals surface area contributed by atoms with Crippen molar-refractivity contribution in [3.05, 3.63) is 24.3 Å². The van der Waals surface area contributed by atoms with Gasteiger partial charge in [0, 0.05) is 11.1 Å². The molecule has 1 aromatic carbocycles. The summed E-state index contributed by atoms with van der Waals surface area (Å²) >= 11 is 1.33. The molecule has 2 aromatic rings. The van der Waals surface area contributed by atoms with Crippen LogP contribution < -0.4 is 10.1 Å². The zero-order chi connectivity index (χ0) is 20.0. The molecule has 4 fully saturated rings. The molecule has 6 nitrogen and oxygen atoms in total. The number of nitrogens with one attached hydrogen (secondary N) is 1. The zero-order valence-corrected chi connectivity index (χ0v) is 17.7. The van der Waals surface area contributed by atoms with E-state index in [0.29, 0.717) is 11.1 Å². The predicted octanol–water partition coefficient (Wildman–Crippen LogP) is 4.31. The van der Waals surface area contributed by atoms with E-state index in [1.54, 1.807) is 7.11 Å². The smallest absolute Gasteiger partial charge is 0.277 e. The van der Waals surface area contributed by atoms with Gasteiger partial charge in [-0.1, -0.05) is 11.8 Å². The third-order valence-corrected chi connectivity index (χ3v) is 7.75. The van der Waals surface area contributed by atoms with Crippen LogP contribution >= 0.6 is 11.8 Å². The van der Waals surface area contributed by atoms with Gasteiger partial charge in [0.2, 0.25) is 11.8 Å². The number of nitrogens with zero attached hydrogens (tertiary/aromatic N) is 2. The van der Waals surface area contributed by atoms with Gasteiger partial charge in [-0.15, -0.1) is 10.2 Å². The summed E-state index contributed by atoms with van der Waals surface area (Å²) in [6.07, 6.45) is 7.58. The zero-order valence-electron chi connectivity index (χ0n) is 16.9. The summed E-state index contributed by atoms with van der Waals surface area (Å²) in [7, 11) is 1.63. The van der Waals surface area contributed by atoms with E-state index in [2.05, 4.69) is 15.5 Å². The fourth-order valence-corrected chi connectivity index (χ4v) is 6.62. The molecule has 1 heterocycles. The maximum absolute atomic E-state index is 12.9. The Morgan fingerprint density at radius 1 is 1.14 bits per heavy atom. The second-order valence-electron chi connectivity index (χ2n) is 9.05. The summed E-state index contributed by atoms with van der Waals surface area (Å²) in [5.41, 5.74) is 0.861. The number of carbonyl (C=O) groups is 1. The lowest BCUT2D eigenvalue weighted by molar-refractivity contribution is -0.126. The Balaban J connectivity index is 1.22. The SMILES string of the molecule is COc1ccc(-c2nnc(SC(C)C(=O)NC34CC5CC(CC(C5)C3)C4)o2)cc1. The Morgan fingerprint density at radius 3 is 2.34 bits per heavy atom. The van der Waals surface area contributed by atoms with Gasteiger partial charge in [-0.2, -0.15) is 0 Å². The van der Waals surface area contributed by atoms with Gasteiger partial charge >= 0.3 is 0 Å². The van der Waals surface area contributed by atoms with Crippen molar-refractivity contribution < 1.29 is 13.9 Å². The van der Waals surface area contributed by atoms with E-state index in [4.69, 9.17) is 9.15 Å². The van der Waals surface area contributed by atoms with Gasteiger partial charge in [0.25, 0.3) is 5.22 Å². The first-order valence-electron chi connectivity index (χ1n) is 10.5. The van der Waals surface area contributed by atoms with Crippen LogP contribution in [0.2, 0.25) is 0 Å². The maximum atomic E-state index is 12.9. The van der Waals surface area contributed by atoms with Crippen molar-refractivity contribution in [2.45, 2.75) is 61.5 Å². The number of amides is 1. The molecular weight excluding hydrogens is 386 g/mol. The first-order chi connectivity index (χ1) is 14.0. The summed E-state index contributed by atoms with van der Waals surface area (Å²) in [6, 6.07) is 7.47. The molecule has 4 bridgehead atoms. The molecule has 6 rings (SSSR count). The van der Waals surface area contributed by atoms with Crippen molar-refractivity contribution >= 4 is 17.7 Å². The van der Waals surface area contributed by atoms with Crippen LogP contribution in [0.15, 0.2) is 33.9 Å². The predicted molar refractivity (Wildman–Crippen MR) is 111 cm³/mol. The Morgan fingerprint density at radius 2 is 1.76 bits per heavy atom. The highest BCUT2D eigenvalue weighted by molar-refractivity contribution is 8.00. The number of carbonyl (C=O) groups excluding carboxylic acids is 1. The summed E-state index contributed by atoms with van der Waals surface area (Å²) in [6.45, 7) is 1.91. The van der Waals surface area contributed by atoms with Crippen LogP contribution in [-0.2, 0) is 4.79 Å². The second kappa shape index (κ2) is 7.35. The normalized spacial score (nSPS) is 30.9. The highest BCUT2D eigenvalue weighted by atomic mass is 32.2. The van der Waals surface area contributed by atoms with Gasteiger partial charge in [0.1, 0.15) is 5.75 Å². The molecule has 1 amide bonds. The van der Waals surface area contributed by atoms with E-state index < -0.39 is 0 Å². The summed E-state index contributed by atoms with van der Waals surface area (Å²) in [5, 5.41) is 11.8. The highest BCUT2D eigenvalue weighted by Crippen LogP contribution is 2.55. The molecule has 4 aliphatic carbocycles. The molecule has 0 saturated heterocycles. The van der Waals surface area contributed by atoms with E-state index in [1.807, 2.05) is 31.2 Å². The molecule has 1 unspecified atom stereocenters. The number of benzene rings is 1. The second-order valence-corrected chi connectivity index (χ2v) is 10.3. The average molecular weight is 414 g/mol. The van der Waals surface area contributed by atoms with E-state index in [0.717, 1.165) is 48.3 Å². The minimum atomic E-state index is -0.271. The quantitative estimate of drug-likeness (QED) is 0.711. The fraction of sp³-hybridized carbons (Fsp3) is 0.591. The Bertz CT molecular complexity index is 860. The van der Waals surface area contributed by atoms with Gasteiger partial charge in [0.15, 0.2) is 0 Å². The molecule has 1 aromatic heterocycles. The van der Waals surface area contributed by atoms with Gasteiger partial charge in [-0.05, 0) is 87.5 Å². The lowest BCUT2D eigenvalue weighted by Crippen LogP contribution is -2.60. The Labute approximate surface area is 175 Å². The van der Waals surface area contributed by atoms with Crippen molar-refractivity contribution in [1.29, 1.82) is 0 Å². The molecule has 4 saturated carbocycles. The van der Waals surface area contributed by atoms with Crippen LogP contribution in [0.3, 0.4) is 0 Å². The van der Waals surface area contributed by atoms with E-state index in [1.165, 1.54) is 31.0 Å². The van der Waals surface area contributed by atoms with Crippen molar-refractivity contribution in [3.8, 4) is 17.2 Å². The van der Waals surface area contributed by atoms with Crippen molar-refractivity contribution in [3.63, 3.8) is 0 Å². The van der Waals surface area contributed by atoms with Gasteiger partial charge in [-0.3, -0.25) is 4.79 Å². The number of rotatable bonds is 6. The maximum Gasteiger partial charge on any atom is 0.277 e. The Kier molecular flexibility index (Phi) is 4.81. The molecule has 7 heteroatoms. The molecule has 1 N–H and O–H groups in total. The summed E-state index contributed by atoms with van der Waals surface area (Å²) < 4.78 is 11.0. The number of hydrogen-bond acceptors (Lipinski definition) is 6. The third kappa shape index (κ3) is 3.77.